The van der Waals surface area contributed by atoms with E-state index in [2.05, 4.69) is 38.0 Å². The zero-order valence-corrected chi connectivity index (χ0v) is 12.6. The smallest absolute Gasteiger partial charge is 0.239 e. The minimum Gasteiger partial charge on any atom is -0.476 e. The molecule has 0 aliphatic carbocycles. The van der Waals surface area contributed by atoms with Gasteiger partial charge in [0.1, 0.15) is 5.82 Å². The van der Waals surface area contributed by atoms with Gasteiger partial charge in [-0.15, -0.1) is 0 Å². The maximum Gasteiger partial charge on any atom is 0.239 e. The third-order valence-electron chi connectivity index (χ3n) is 2.93. The molecule has 0 aliphatic rings. The van der Waals surface area contributed by atoms with Crippen LogP contribution in [0.25, 0.3) is 0 Å². The van der Waals surface area contributed by atoms with Crippen LogP contribution in [0, 0.1) is 5.92 Å². The van der Waals surface area contributed by atoms with Gasteiger partial charge in [-0.1, -0.05) is 34.1 Å². The molecule has 0 fully saturated rings. The van der Waals surface area contributed by atoms with Gasteiger partial charge in [-0.2, -0.15) is 4.98 Å². The van der Waals surface area contributed by atoms with Gasteiger partial charge in [0.2, 0.25) is 5.88 Å². The first-order chi connectivity index (χ1) is 9.06. The lowest BCUT2D eigenvalue weighted by atomic mass is 10.1. The highest BCUT2D eigenvalue weighted by Gasteiger charge is 2.09. The average Bonchev–Trinajstić information content (AvgIpc) is 2.38. The summed E-state index contributed by atoms with van der Waals surface area (Å²) >= 11 is 0. The lowest BCUT2D eigenvalue weighted by Crippen LogP contribution is -2.19. The van der Waals surface area contributed by atoms with Gasteiger partial charge in [0.05, 0.1) is 12.3 Å². The molecule has 0 saturated carbocycles. The Kier molecular flexibility index (Phi) is 6.46. The van der Waals surface area contributed by atoms with Crippen LogP contribution in [-0.4, -0.2) is 17.6 Å². The number of aromatic nitrogens is 1. The molecule has 0 saturated heterocycles. The minimum absolute atomic E-state index is 0.457. The van der Waals surface area contributed by atoms with E-state index in [1.54, 1.807) is 0 Å². The molecule has 19 heavy (non-hydrogen) atoms. The molecule has 108 valence electrons. The Morgan fingerprint density at radius 1 is 1.32 bits per heavy atom. The molecule has 0 amide bonds. The van der Waals surface area contributed by atoms with Crippen LogP contribution in [0.1, 0.15) is 47.0 Å². The largest absolute Gasteiger partial charge is 0.476 e. The summed E-state index contributed by atoms with van der Waals surface area (Å²) in [7, 11) is 0. The normalized spacial score (nSPS) is 12.5. The van der Waals surface area contributed by atoms with Crippen molar-refractivity contribution >= 4 is 11.5 Å². The second kappa shape index (κ2) is 7.87. The van der Waals surface area contributed by atoms with Crippen molar-refractivity contribution in [2.24, 2.45) is 5.92 Å². The van der Waals surface area contributed by atoms with Gasteiger partial charge in [-0.3, -0.25) is 0 Å². The molecule has 1 rings (SSSR count). The molecule has 4 nitrogen and oxygen atoms in total. The predicted octanol–water partition coefficient (Wildman–Crippen LogP) is 3.69. The molecule has 0 bridgehead atoms. The molecule has 0 aromatic carbocycles. The van der Waals surface area contributed by atoms with E-state index in [0.717, 1.165) is 25.1 Å². The molecule has 0 radical (unpaired) electrons. The Labute approximate surface area is 116 Å². The van der Waals surface area contributed by atoms with Crippen molar-refractivity contribution in [2.75, 3.05) is 17.7 Å². The lowest BCUT2D eigenvalue weighted by Gasteiger charge is -2.18. The van der Waals surface area contributed by atoms with E-state index in [-0.39, 0.29) is 0 Å². The molecule has 1 aromatic heterocycles. The van der Waals surface area contributed by atoms with Gasteiger partial charge in [-0.05, 0) is 30.9 Å². The summed E-state index contributed by atoms with van der Waals surface area (Å²) in [6.45, 7) is 9.21. The number of anilines is 2. The first-order valence-corrected chi connectivity index (χ1v) is 7.22. The number of nitrogens with one attached hydrogen (secondary N) is 1. The van der Waals surface area contributed by atoms with Crippen LogP contribution < -0.4 is 15.8 Å². The van der Waals surface area contributed by atoms with E-state index in [9.17, 15) is 0 Å². The maximum absolute atomic E-state index is 5.88. The second-order valence-electron chi connectivity index (χ2n) is 5.33. The van der Waals surface area contributed by atoms with Gasteiger partial charge in [0, 0.05) is 6.04 Å². The second-order valence-corrected chi connectivity index (χ2v) is 5.33. The van der Waals surface area contributed by atoms with E-state index in [1.807, 2.05) is 12.1 Å². The number of ether oxygens (including phenoxy) is 1. The summed E-state index contributed by atoms with van der Waals surface area (Å²) in [5.41, 5.74) is 6.47. The molecule has 0 aliphatic heterocycles. The van der Waals surface area contributed by atoms with Crippen LogP contribution >= 0.6 is 0 Å². The van der Waals surface area contributed by atoms with Crippen molar-refractivity contribution in [1.82, 2.24) is 4.98 Å². The lowest BCUT2D eigenvalue weighted by molar-refractivity contribution is 0.263. The maximum atomic E-state index is 5.88. The van der Waals surface area contributed by atoms with Crippen LogP contribution in [-0.2, 0) is 0 Å². The van der Waals surface area contributed by atoms with Gasteiger partial charge < -0.3 is 15.8 Å². The van der Waals surface area contributed by atoms with Gasteiger partial charge in [0.15, 0.2) is 0 Å². The zero-order chi connectivity index (χ0) is 14.3. The minimum atomic E-state index is 0.457. The number of rotatable bonds is 8. The van der Waals surface area contributed by atoms with E-state index >= 15 is 0 Å². The van der Waals surface area contributed by atoms with Crippen molar-refractivity contribution in [2.45, 2.75) is 53.0 Å². The van der Waals surface area contributed by atoms with Crippen molar-refractivity contribution in [3.8, 4) is 5.88 Å². The number of pyridine rings is 1. The fourth-order valence-electron chi connectivity index (χ4n) is 1.83. The zero-order valence-electron chi connectivity index (χ0n) is 12.6. The Bertz CT molecular complexity index is 380. The Morgan fingerprint density at radius 3 is 2.63 bits per heavy atom. The molecule has 1 atom stereocenters. The third-order valence-corrected chi connectivity index (χ3v) is 2.93. The van der Waals surface area contributed by atoms with Crippen LogP contribution in [0.4, 0.5) is 11.5 Å². The van der Waals surface area contributed by atoms with Gasteiger partial charge in [0.25, 0.3) is 0 Å². The highest BCUT2D eigenvalue weighted by Crippen LogP contribution is 2.22. The summed E-state index contributed by atoms with van der Waals surface area (Å²) < 4.78 is 5.64. The molecular formula is C15H27N3O. The van der Waals surface area contributed by atoms with Gasteiger partial charge in [-0.25, -0.2) is 0 Å². The van der Waals surface area contributed by atoms with Crippen LogP contribution in [0.2, 0.25) is 0 Å². The summed E-state index contributed by atoms with van der Waals surface area (Å²) in [5.74, 6) is 1.83. The van der Waals surface area contributed by atoms with E-state index in [4.69, 9.17) is 10.5 Å². The number of hydrogen-bond acceptors (Lipinski definition) is 4. The average molecular weight is 265 g/mol. The highest BCUT2D eigenvalue weighted by molar-refractivity contribution is 5.53. The quantitative estimate of drug-likeness (QED) is 0.752. The Hall–Kier alpha value is -1.45. The van der Waals surface area contributed by atoms with E-state index in [1.165, 1.54) is 0 Å². The Morgan fingerprint density at radius 2 is 2.05 bits per heavy atom. The molecular weight excluding hydrogens is 238 g/mol. The number of nitrogen functional groups attached to an aromatic ring is 1. The number of nitrogens with zero attached hydrogens (tertiary/aromatic N) is 1. The van der Waals surface area contributed by atoms with E-state index in [0.29, 0.717) is 30.1 Å². The molecule has 1 heterocycles. The van der Waals surface area contributed by atoms with Crippen molar-refractivity contribution < 1.29 is 4.74 Å². The Balaban J connectivity index is 2.71. The van der Waals surface area contributed by atoms with Crippen LogP contribution in [0.3, 0.4) is 0 Å². The number of hydrogen-bond donors (Lipinski definition) is 2. The number of nitrogens with two attached hydrogens (primary N) is 1. The summed E-state index contributed by atoms with van der Waals surface area (Å²) in [6, 6.07) is 4.22. The van der Waals surface area contributed by atoms with Crippen molar-refractivity contribution in [3.63, 3.8) is 0 Å². The fourth-order valence-corrected chi connectivity index (χ4v) is 1.83. The van der Waals surface area contributed by atoms with Crippen LogP contribution in [0.5, 0.6) is 5.88 Å². The molecule has 3 N–H and O–H groups in total. The summed E-state index contributed by atoms with van der Waals surface area (Å²) in [4.78, 5) is 4.46. The third kappa shape index (κ3) is 5.37. The van der Waals surface area contributed by atoms with Crippen molar-refractivity contribution in [1.29, 1.82) is 0 Å². The molecule has 0 spiro atoms. The first-order valence-electron chi connectivity index (χ1n) is 7.22. The topological polar surface area (TPSA) is 60.2 Å². The SMILES string of the molecule is CCCC(CC)Nc1ccc(N)c(OCC(C)C)n1. The summed E-state index contributed by atoms with van der Waals surface area (Å²) in [5, 5.41) is 3.44. The van der Waals surface area contributed by atoms with Crippen LogP contribution in [0.15, 0.2) is 12.1 Å². The monoisotopic (exact) mass is 265 g/mol. The standard InChI is InChI=1S/C15H27N3O/c1-5-7-12(6-2)17-14-9-8-13(16)15(18-14)19-10-11(3)4/h8-9,11-12H,5-7,10,16H2,1-4H3,(H,17,18). The molecule has 1 aromatic rings. The van der Waals surface area contributed by atoms with Crippen molar-refractivity contribution in [3.05, 3.63) is 12.1 Å². The van der Waals surface area contributed by atoms with E-state index < -0.39 is 0 Å². The fraction of sp³-hybridized carbons (Fsp3) is 0.667. The van der Waals surface area contributed by atoms with Gasteiger partial charge >= 0.3 is 0 Å². The molecule has 1 unspecified atom stereocenters. The molecule has 4 heteroatoms. The highest BCUT2D eigenvalue weighted by atomic mass is 16.5. The predicted molar refractivity (Wildman–Crippen MR) is 81.6 cm³/mol. The summed E-state index contributed by atoms with van der Waals surface area (Å²) in [6.07, 6.45) is 3.39. The first kappa shape index (κ1) is 15.6.